The van der Waals surface area contributed by atoms with Gasteiger partial charge in [0.2, 0.25) is 0 Å². The second-order valence-electron chi connectivity index (χ2n) is 3.99. The number of hydrogen-bond donors (Lipinski definition) is 1. The molecule has 0 amide bonds. The number of rotatable bonds is 8. The van der Waals surface area contributed by atoms with E-state index in [1.54, 1.807) is 0 Å². The van der Waals surface area contributed by atoms with Crippen LogP contribution in [0.4, 0.5) is 0 Å². The topological polar surface area (TPSA) is 38.7 Å². The highest BCUT2D eigenvalue weighted by Gasteiger charge is 2.19. The number of aliphatic hydroxyl groups is 1. The van der Waals surface area contributed by atoms with Gasteiger partial charge in [0, 0.05) is 6.42 Å². The molecule has 1 aliphatic heterocycles. The third-order valence-electron chi connectivity index (χ3n) is 2.60. The molecule has 1 saturated heterocycles. The molecule has 3 heteroatoms. The average Bonchev–Trinajstić information content (AvgIpc) is 2.70. The first-order chi connectivity index (χ1) is 7.33. The van der Waals surface area contributed by atoms with Crippen molar-refractivity contribution < 1.29 is 14.6 Å². The highest BCUT2D eigenvalue weighted by molar-refractivity contribution is 4.66. The second-order valence-corrected chi connectivity index (χ2v) is 3.99. The van der Waals surface area contributed by atoms with Gasteiger partial charge in [0.15, 0.2) is 6.29 Å². The highest BCUT2D eigenvalue weighted by atomic mass is 16.7. The van der Waals surface area contributed by atoms with Gasteiger partial charge in [-0.15, -0.1) is 6.58 Å². The number of aliphatic hydroxyl groups excluding tert-OH is 1. The van der Waals surface area contributed by atoms with Crippen LogP contribution in [0.2, 0.25) is 0 Å². The van der Waals surface area contributed by atoms with E-state index in [0.29, 0.717) is 19.6 Å². The van der Waals surface area contributed by atoms with Crippen molar-refractivity contribution in [2.24, 2.45) is 0 Å². The van der Waals surface area contributed by atoms with E-state index in [-0.39, 0.29) is 12.4 Å². The molecule has 0 bridgehead atoms. The van der Waals surface area contributed by atoms with E-state index in [0.717, 1.165) is 25.7 Å². The Morgan fingerprint density at radius 1 is 1.27 bits per heavy atom. The van der Waals surface area contributed by atoms with Crippen molar-refractivity contribution >= 4 is 0 Å². The first-order valence-corrected chi connectivity index (χ1v) is 5.85. The molecular weight excluding hydrogens is 192 g/mol. The van der Waals surface area contributed by atoms with Crippen LogP contribution in [0.5, 0.6) is 0 Å². The van der Waals surface area contributed by atoms with E-state index in [1.165, 1.54) is 6.42 Å². The Morgan fingerprint density at radius 2 is 2.00 bits per heavy atom. The molecule has 1 aliphatic rings. The summed E-state index contributed by atoms with van der Waals surface area (Å²) >= 11 is 0. The smallest absolute Gasteiger partial charge is 0.160 e. The van der Waals surface area contributed by atoms with Crippen LogP contribution in [0.15, 0.2) is 12.7 Å². The van der Waals surface area contributed by atoms with Crippen LogP contribution < -0.4 is 0 Å². The van der Waals surface area contributed by atoms with Gasteiger partial charge < -0.3 is 14.6 Å². The largest absolute Gasteiger partial charge is 0.393 e. The van der Waals surface area contributed by atoms with E-state index < -0.39 is 0 Å². The van der Waals surface area contributed by atoms with E-state index in [2.05, 4.69) is 6.58 Å². The fourth-order valence-corrected chi connectivity index (χ4v) is 1.73. The predicted octanol–water partition coefficient (Wildman–Crippen LogP) is 2.25. The van der Waals surface area contributed by atoms with Gasteiger partial charge in [-0.2, -0.15) is 0 Å². The molecular formula is C12H22O3. The summed E-state index contributed by atoms with van der Waals surface area (Å²) in [5.41, 5.74) is 0. The van der Waals surface area contributed by atoms with Gasteiger partial charge in [0.25, 0.3) is 0 Å². The van der Waals surface area contributed by atoms with Crippen LogP contribution >= 0.6 is 0 Å². The predicted molar refractivity (Wildman–Crippen MR) is 59.6 cm³/mol. The summed E-state index contributed by atoms with van der Waals surface area (Å²) in [6.07, 6.45) is 7.43. The Hall–Kier alpha value is -0.380. The van der Waals surface area contributed by atoms with Gasteiger partial charge in [0.05, 0.1) is 19.3 Å². The van der Waals surface area contributed by atoms with Crippen LogP contribution in [0.25, 0.3) is 0 Å². The Kier molecular flexibility index (Phi) is 6.64. The summed E-state index contributed by atoms with van der Waals surface area (Å²) < 4.78 is 10.5. The number of ether oxygens (including phenoxy) is 2. The van der Waals surface area contributed by atoms with Crippen LogP contribution in [0.1, 0.15) is 38.5 Å². The fourth-order valence-electron chi connectivity index (χ4n) is 1.73. The fraction of sp³-hybridized carbons (Fsp3) is 0.833. The van der Waals surface area contributed by atoms with Crippen molar-refractivity contribution in [2.75, 3.05) is 13.2 Å². The molecule has 1 atom stereocenters. The summed E-state index contributed by atoms with van der Waals surface area (Å²) in [4.78, 5) is 0. The van der Waals surface area contributed by atoms with Crippen molar-refractivity contribution in [2.45, 2.75) is 50.9 Å². The minimum atomic E-state index is -0.281. The Bertz CT molecular complexity index is 164. The molecule has 0 aromatic heterocycles. The molecule has 0 aliphatic carbocycles. The number of allylic oxidation sites excluding steroid dienone is 1. The maximum absolute atomic E-state index is 9.69. The van der Waals surface area contributed by atoms with Crippen molar-refractivity contribution in [3.63, 3.8) is 0 Å². The highest BCUT2D eigenvalue weighted by Crippen LogP contribution is 2.14. The van der Waals surface area contributed by atoms with Gasteiger partial charge in [-0.25, -0.2) is 0 Å². The Morgan fingerprint density at radius 3 is 2.67 bits per heavy atom. The van der Waals surface area contributed by atoms with Crippen molar-refractivity contribution in [3.05, 3.63) is 12.7 Å². The maximum Gasteiger partial charge on any atom is 0.160 e. The zero-order valence-corrected chi connectivity index (χ0v) is 9.36. The SMILES string of the molecule is C=CCCCCCC(O)CC1OCCO1. The second kappa shape index (κ2) is 7.85. The molecule has 0 radical (unpaired) electrons. The van der Waals surface area contributed by atoms with Crippen LogP contribution in [-0.2, 0) is 9.47 Å². The molecule has 88 valence electrons. The molecule has 0 aromatic carbocycles. The molecule has 1 fully saturated rings. The minimum absolute atomic E-state index is 0.173. The lowest BCUT2D eigenvalue weighted by Crippen LogP contribution is -2.18. The molecule has 15 heavy (non-hydrogen) atoms. The zero-order chi connectivity index (χ0) is 10.9. The summed E-state index contributed by atoms with van der Waals surface area (Å²) in [5.74, 6) is 0. The van der Waals surface area contributed by atoms with Gasteiger partial charge in [-0.05, 0) is 19.3 Å². The van der Waals surface area contributed by atoms with E-state index in [4.69, 9.17) is 9.47 Å². The Balaban J connectivity index is 1.93. The normalized spacial score (nSPS) is 19.3. The van der Waals surface area contributed by atoms with E-state index in [1.807, 2.05) is 6.08 Å². The summed E-state index contributed by atoms with van der Waals surface area (Å²) in [6, 6.07) is 0. The maximum atomic E-state index is 9.69. The number of unbranched alkanes of at least 4 members (excludes halogenated alkanes) is 3. The lowest BCUT2D eigenvalue weighted by molar-refractivity contribution is -0.0712. The van der Waals surface area contributed by atoms with Crippen molar-refractivity contribution in [3.8, 4) is 0 Å². The summed E-state index contributed by atoms with van der Waals surface area (Å²) in [5, 5.41) is 9.69. The average molecular weight is 214 g/mol. The van der Waals surface area contributed by atoms with Gasteiger partial charge in [-0.3, -0.25) is 0 Å². The molecule has 1 heterocycles. The van der Waals surface area contributed by atoms with E-state index in [9.17, 15) is 5.11 Å². The summed E-state index contributed by atoms with van der Waals surface area (Å²) in [7, 11) is 0. The molecule has 0 aromatic rings. The van der Waals surface area contributed by atoms with E-state index >= 15 is 0 Å². The van der Waals surface area contributed by atoms with Gasteiger partial charge >= 0.3 is 0 Å². The molecule has 0 saturated carbocycles. The third-order valence-corrected chi connectivity index (χ3v) is 2.60. The van der Waals surface area contributed by atoms with Crippen molar-refractivity contribution in [1.82, 2.24) is 0 Å². The molecule has 1 N–H and O–H groups in total. The molecule has 1 rings (SSSR count). The molecule has 0 spiro atoms. The number of hydrogen-bond acceptors (Lipinski definition) is 3. The quantitative estimate of drug-likeness (QED) is 0.497. The molecule has 3 nitrogen and oxygen atoms in total. The van der Waals surface area contributed by atoms with Crippen LogP contribution in [0.3, 0.4) is 0 Å². The van der Waals surface area contributed by atoms with Gasteiger partial charge in [0.1, 0.15) is 0 Å². The minimum Gasteiger partial charge on any atom is -0.393 e. The van der Waals surface area contributed by atoms with Crippen LogP contribution in [-0.4, -0.2) is 30.7 Å². The zero-order valence-electron chi connectivity index (χ0n) is 9.36. The Labute approximate surface area is 92.1 Å². The van der Waals surface area contributed by atoms with Crippen molar-refractivity contribution in [1.29, 1.82) is 0 Å². The lowest BCUT2D eigenvalue weighted by atomic mass is 10.1. The first-order valence-electron chi connectivity index (χ1n) is 5.85. The third kappa shape index (κ3) is 5.92. The van der Waals surface area contributed by atoms with Gasteiger partial charge in [-0.1, -0.05) is 18.9 Å². The lowest BCUT2D eigenvalue weighted by Gasteiger charge is -2.14. The molecule has 1 unspecified atom stereocenters. The van der Waals surface area contributed by atoms with Crippen LogP contribution in [0, 0.1) is 0 Å². The monoisotopic (exact) mass is 214 g/mol. The standard InChI is InChI=1S/C12H22O3/c1-2-3-4-5-6-7-11(13)10-12-14-8-9-15-12/h2,11-13H,1,3-10H2. The first kappa shape index (κ1) is 12.7. The summed E-state index contributed by atoms with van der Waals surface area (Å²) in [6.45, 7) is 5.01.